The van der Waals surface area contributed by atoms with Crippen molar-refractivity contribution in [2.75, 3.05) is 53.5 Å². The van der Waals surface area contributed by atoms with Crippen LogP contribution in [0.25, 0.3) is 0 Å². The first-order valence-corrected chi connectivity index (χ1v) is 12.3. The monoisotopic (exact) mass is 484 g/mol. The van der Waals surface area contributed by atoms with Gasteiger partial charge >= 0.3 is 6.18 Å². The maximum Gasteiger partial charge on any atom is 0.411 e. The van der Waals surface area contributed by atoms with Crippen LogP contribution in [0.4, 0.5) is 22.0 Å². The summed E-state index contributed by atoms with van der Waals surface area (Å²) in [5.74, 6) is -2.57. The van der Waals surface area contributed by atoms with Gasteiger partial charge in [-0.1, -0.05) is 32.6 Å². The number of hydrogen-bond donors (Lipinski definition) is 1. The van der Waals surface area contributed by atoms with Gasteiger partial charge in [0.15, 0.2) is 0 Å². The van der Waals surface area contributed by atoms with E-state index in [0.29, 0.717) is 13.0 Å². The Labute approximate surface area is 195 Å². The van der Waals surface area contributed by atoms with Crippen molar-refractivity contribution in [3.8, 4) is 0 Å². The van der Waals surface area contributed by atoms with Gasteiger partial charge in [0.25, 0.3) is 5.92 Å². The first kappa shape index (κ1) is 28.2. The molecule has 1 fully saturated rings. The van der Waals surface area contributed by atoms with Gasteiger partial charge in [-0.3, -0.25) is 9.91 Å². The van der Waals surface area contributed by atoms with Gasteiger partial charge in [-0.15, -0.1) is 0 Å². The molecule has 0 amide bonds. The number of hydrazone groups is 1. The van der Waals surface area contributed by atoms with Gasteiger partial charge in [-0.2, -0.15) is 18.3 Å². The fourth-order valence-electron chi connectivity index (χ4n) is 5.05. The molecule has 2 aliphatic heterocycles. The van der Waals surface area contributed by atoms with Crippen LogP contribution in [0.2, 0.25) is 0 Å². The van der Waals surface area contributed by atoms with Crippen molar-refractivity contribution in [1.82, 2.24) is 15.2 Å². The van der Waals surface area contributed by atoms with Crippen molar-refractivity contribution in [2.45, 2.75) is 76.4 Å². The molecule has 1 N–H and O–H groups in total. The normalized spacial score (nSPS) is 23.3. The number of fused-ring (bicyclic) bond motifs is 1. The van der Waals surface area contributed by atoms with Crippen molar-refractivity contribution < 1.29 is 26.7 Å². The topological polar surface area (TPSA) is 40.1 Å². The summed E-state index contributed by atoms with van der Waals surface area (Å²) >= 11 is 0. The van der Waals surface area contributed by atoms with E-state index in [0.717, 1.165) is 57.3 Å². The molecule has 0 aromatic heterocycles. The molecule has 2 aliphatic rings. The number of ether oxygens (including phenoxy) is 1. The Bertz CT molecular complexity index is 602. The van der Waals surface area contributed by atoms with Crippen molar-refractivity contribution in [3.05, 3.63) is 0 Å². The molecule has 0 spiro atoms. The maximum absolute atomic E-state index is 14.2. The Morgan fingerprint density at radius 2 is 1.91 bits per heavy atom. The molecule has 33 heavy (non-hydrogen) atoms. The summed E-state index contributed by atoms with van der Waals surface area (Å²) in [7, 11) is 3.91. The zero-order valence-corrected chi connectivity index (χ0v) is 20.3. The van der Waals surface area contributed by atoms with E-state index < -0.39 is 18.7 Å². The average molecular weight is 485 g/mol. The summed E-state index contributed by atoms with van der Waals surface area (Å²) in [6.07, 6.45) is 1.66. The molecule has 0 bridgehead atoms. The van der Waals surface area contributed by atoms with Crippen LogP contribution in [0.1, 0.15) is 58.3 Å². The number of nitrogens with one attached hydrogen (secondary N) is 1. The molecule has 5 nitrogen and oxygen atoms in total. The van der Waals surface area contributed by atoms with E-state index in [2.05, 4.69) is 22.2 Å². The number of alkyl halides is 5. The number of rotatable bonds is 16. The Morgan fingerprint density at radius 1 is 1.21 bits per heavy atom. The van der Waals surface area contributed by atoms with Crippen molar-refractivity contribution in [1.29, 1.82) is 0 Å². The molecular formula is C23H41F5N4O. The van der Waals surface area contributed by atoms with Crippen LogP contribution in [0.5, 0.6) is 0 Å². The second kappa shape index (κ2) is 13.2. The highest BCUT2D eigenvalue weighted by atomic mass is 19.4. The Hall–Kier alpha value is -1.00. The van der Waals surface area contributed by atoms with Crippen LogP contribution < -0.4 is 5.32 Å². The number of nitrogens with zero attached hydrogens (tertiary/aromatic N) is 3. The van der Waals surface area contributed by atoms with Crippen molar-refractivity contribution in [2.24, 2.45) is 16.9 Å². The summed E-state index contributed by atoms with van der Waals surface area (Å²) in [4.78, 5) is 2.16. The third-order valence-corrected chi connectivity index (χ3v) is 6.58. The summed E-state index contributed by atoms with van der Waals surface area (Å²) in [5, 5.41) is 9.39. The van der Waals surface area contributed by atoms with Crippen LogP contribution in [-0.4, -0.2) is 87.2 Å². The summed E-state index contributed by atoms with van der Waals surface area (Å²) < 4.78 is 70.0. The van der Waals surface area contributed by atoms with E-state index in [1.54, 1.807) is 5.01 Å². The quantitative estimate of drug-likeness (QED) is 0.253. The summed E-state index contributed by atoms with van der Waals surface area (Å²) in [6, 6.07) is -0.291. The first-order chi connectivity index (χ1) is 15.6. The van der Waals surface area contributed by atoms with E-state index in [-0.39, 0.29) is 37.5 Å². The molecule has 1 saturated heterocycles. The van der Waals surface area contributed by atoms with Crippen LogP contribution in [-0.2, 0) is 4.74 Å². The molecule has 10 heteroatoms. The van der Waals surface area contributed by atoms with Gasteiger partial charge in [-0.25, -0.2) is 8.78 Å². The number of unbranched alkanes of at least 4 members (excludes halogenated alkanes) is 3. The molecule has 2 rings (SSSR count). The standard InChI is InChI=1S/C23H41F5N4O/c1-4-5-6-9-18(10-7-8-13-33-17-23(26,27)28)21-19(15-31(3)12-11-29-2)30-32-16-22(24,25)14-20(21)32/h18,20-21,29H,4-17H2,1-3H3. The van der Waals surface area contributed by atoms with Gasteiger partial charge in [0, 0.05) is 38.6 Å². The smallest absolute Gasteiger partial charge is 0.372 e. The van der Waals surface area contributed by atoms with E-state index in [9.17, 15) is 22.0 Å². The Morgan fingerprint density at radius 3 is 2.55 bits per heavy atom. The SMILES string of the molecule is CCCCCC(CCCCOCC(F)(F)F)C1C(CN(C)CCNC)=NN2CC(F)(F)CC12. The molecule has 194 valence electrons. The van der Waals surface area contributed by atoms with Gasteiger partial charge in [-0.05, 0) is 39.3 Å². The summed E-state index contributed by atoms with van der Waals surface area (Å²) in [6.45, 7) is 2.95. The predicted molar refractivity (Wildman–Crippen MR) is 121 cm³/mol. The Balaban J connectivity index is 2.04. The highest BCUT2D eigenvalue weighted by molar-refractivity contribution is 5.90. The van der Waals surface area contributed by atoms with Crippen LogP contribution in [0.3, 0.4) is 0 Å². The van der Waals surface area contributed by atoms with Crippen LogP contribution in [0.15, 0.2) is 5.10 Å². The molecule has 0 aliphatic carbocycles. The van der Waals surface area contributed by atoms with Crippen molar-refractivity contribution in [3.63, 3.8) is 0 Å². The molecule has 0 aromatic carbocycles. The minimum absolute atomic E-state index is 0.0386. The van der Waals surface area contributed by atoms with E-state index in [4.69, 9.17) is 4.74 Å². The lowest BCUT2D eigenvalue weighted by Gasteiger charge is -2.31. The number of halogens is 5. The predicted octanol–water partition coefficient (Wildman–Crippen LogP) is 4.78. The highest BCUT2D eigenvalue weighted by Gasteiger charge is 2.53. The fourth-order valence-corrected chi connectivity index (χ4v) is 5.05. The maximum atomic E-state index is 14.2. The minimum atomic E-state index is -4.31. The lowest BCUT2D eigenvalue weighted by atomic mass is 9.76. The second-order valence-corrected chi connectivity index (χ2v) is 9.60. The lowest BCUT2D eigenvalue weighted by molar-refractivity contribution is -0.174. The third-order valence-electron chi connectivity index (χ3n) is 6.58. The lowest BCUT2D eigenvalue weighted by Crippen LogP contribution is -2.39. The van der Waals surface area contributed by atoms with Gasteiger partial charge in [0.1, 0.15) is 13.2 Å². The molecular weight excluding hydrogens is 443 g/mol. The van der Waals surface area contributed by atoms with E-state index in [1.807, 2.05) is 14.1 Å². The fraction of sp³-hybridized carbons (Fsp3) is 0.957. The number of likely N-dealkylation sites (N-methyl/N-ethyl adjacent to an activating group) is 2. The van der Waals surface area contributed by atoms with Crippen LogP contribution >= 0.6 is 0 Å². The second-order valence-electron chi connectivity index (χ2n) is 9.60. The molecule has 3 atom stereocenters. The molecule has 0 aromatic rings. The zero-order valence-electron chi connectivity index (χ0n) is 20.3. The van der Waals surface area contributed by atoms with Crippen molar-refractivity contribution >= 4 is 5.71 Å². The van der Waals surface area contributed by atoms with E-state index >= 15 is 0 Å². The first-order valence-electron chi connectivity index (χ1n) is 12.3. The molecule has 0 radical (unpaired) electrons. The third kappa shape index (κ3) is 9.64. The minimum Gasteiger partial charge on any atom is -0.372 e. The average Bonchev–Trinajstić information content (AvgIpc) is 3.17. The van der Waals surface area contributed by atoms with Gasteiger partial charge in [0.05, 0.1) is 11.8 Å². The van der Waals surface area contributed by atoms with Crippen LogP contribution in [0, 0.1) is 11.8 Å². The highest BCUT2D eigenvalue weighted by Crippen LogP contribution is 2.44. The molecule has 3 unspecified atom stereocenters. The Kier molecular flexibility index (Phi) is 11.3. The molecule has 2 heterocycles. The summed E-state index contributed by atoms with van der Waals surface area (Å²) in [5.41, 5.74) is 0.976. The number of hydrogen-bond acceptors (Lipinski definition) is 5. The zero-order chi connectivity index (χ0) is 24.5. The van der Waals surface area contributed by atoms with E-state index in [1.165, 1.54) is 0 Å². The van der Waals surface area contributed by atoms with Gasteiger partial charge < -0.3 is 10.1 Å². The largest absolute Gasteiger partial charge is 0.411 e. The molecule has 0 saturated carbocycles. The van der Waals surface area contributed by atoms with Gasteiger partial charge in [0.2, 0.25) is 0 Å².